The molecule has 1 fully saturated rings. The molecule has 0 atom stereocenters. The fraction of sp³-hybridized carbons (Fsp3) is 0.500. The summed E-state index contributed by atoms with van der Waals surface area (Å²) in [5.41, 5.74) is 5.78. The van der Waals surface area contributed by atoms with Crippen LogP contribution >= 0.6 is 15.9 Å². The molecule has 0 aliphatic heterocycles. The Morgan fingerprint density at radius 2 is 2.10 bits per heavy atom. The van der Waals surface area contributed by atoms with Crippen molar-refractivity contribution in [3.05, 3.63) is 22.4 Å². The number of rotatable bonds is 4. The first-order valence-corrected chi connectivity index (χ1v) is 8.34. The van der Waals surface area contributed by atoms with Crippen LogP contribution in [0.25, 0.3) is 0 Å². The van der Waals surface area contributed by atoms with Gasteiger partial charge in [0.05, 0.1) is 6.10 Å². The monoisotopic (exact) mass is 366 g/mol. The lowest BCUT2D eigenvalue weighted by molar-refractivity contribution is 0.0367. The third kappa shape index (κ3) is 2.98. The number of hydrogen-bond donors (Lipinski definition) is 2. The van der Waals surface area contributed by atoms with E-state index in [2.05, 4.69) is 15.9 Å². The number of aliphatic hydroxyl groups is 1. The molecule has 1 aromatic carbocycles. The maximum Gasteiger partial charge on any atom is 0.245 e. The highest BCUT2D eigenvalue weighted by Crippen LogP contribution is 2.31. The van der Waals surface area contributed by atoms with Crippen molar-refractivity contribution in [2.45, 2.75) is 23.8 Å². The second-order valence-corrected chi connectivity index (χ2v) is 7.95. The maximum absolute atomic E-state index is 13.9. The van der Waals surface area contributed by atoms with E-state index in [0.29, 0.717) is 17.3 Å². The average molecular weight is 367 g/mol. The van der Waals surface area contributed by atoms with Gasteiger partial charge in [0.2, 0.25) is 10.0 Å². The molecule has 5 nitrogen and oxygen atoms in total. The molecule has 0 bridgehead atoms. The predicted octanol–water partition coefficient (Wildman–Crippen LogP) is 1.56. The van der Waals surface area contributed by atoms with E-state index in [0.717, 1.165) is 16.4 Å². The lowest BCUT2D eigenvalue weighted by Gasteiger charge is -2.34. The van der Waals surface area contributed by atoms with Gasteiger partial charge < -0.3 is 10.8 Å². The van der Waals surface area contributed by atoms with Crippen molar-refractivity contribution in [1.29, 1.82) is 0 Å². The van der Waals surface area contributed by atoms with Crippen LogP contribution in [-0.2, 0) is 10.0 Å². The number of halogens is 2. The fourth-order valence-electron chi connectivity index (χ4n) is 2.22. The summed E-state index contributed by atoms with van der Waals surface area (Å²) in [5, 5.41) is 9.21. The van der Waals surface area contributed by atoms with Gasteiger partial charge in [0.15, 0.2) is 0 Å². The van der Waals surface area contributed by atoms with Gasteiger partial charge in [0.1, 0.15) is 10.7 Å². The zero-order chi connectivity index (χ0) is 15.1. The SMILES string of the molecule is CN(CC1CC(O)C1)S(=O)(=O)c1cc(N)c(Br)cc1F. The van der Waals surface area contributed by atoms with Crippen molar-refractivity contribution in [2.24, 2.45) is 5.92 Å². The number of nitrogens with two attached hydrogens (primary N) is 1. The molecule has 0 amide bonds. The second-order valence-electron chi connectivity index (χ2n) is 5.08. The van der Waals surface area contributed by atoms with Crippen LogP contribution in [0.2, 0.25) is 0 Å². The summed E-state index contributed by atoms with van der Waals surface area (Å²) in [6.45, 7) is 0.259. The molecule has 1 aliphatic carbocycles. The molecule has 0 aromatic heterocycles. The molecule has 0 spiro atoms. The first-order chi connectivity index (χ1) is 9.21. The molecule has 112 valence electrons. The van der Waals surface area contributed by atoms with Gasteiger partial charge in [-0.3, -0.25) is 0 Å². The van der Waals surface area contributed by atoms with E-state index in [4.69, 9.17) is 5.73 Å². The molecule has 0 unspecified atom stereocenters. The summed E-state index contributed by atoms with van der Waals surface area (Å²) in [5.74, 6) is -0.729. The summed E-state index contributed by atoms with van der Waals surface area (Å²) in [4.78, 5) is -0.430. The van der Waals surface area contributed by atoms with Crippen LogP contribution in [-0.4, -0.2) is 37.5 Å². The smallest absolute Gasteiger partial charge is 0.245 e. The topological polar surface area (TPSA) is 83.6 Å². The van der Waals surface area contributed by atoms with Crippen LogP contribution in [0.3, 0.4) is 0 Å². The van der Waals surface area contributed by atoms with Crippen LogP contribution in [0.4, 0.5) is 10.1 Å². The molecule has 0 heterocycles. The van der Waals surface area contributed by atoms with Crippen LogP contribution < -0.4 is 5.73 Å². The van der Waals surface area contributed by atoms with Gasteiger partial charge >= 0.3 is 0 Å². The van der Waals surface area contributed by atoms with Crippen molar-refractivity contribution < 1.29 is 17.9 Å². The van der Waals surface area contributed by atoms with Gasteiger partial charge in [-0.05, 0) is 46.8 Å². The Bertz CT molecular complexity index is 617. The fourth-order valence-corrected chi connectivity index (χ4v) is 3.86. The largest absolute Gasteiger partial charge is 0.398 e. The molecule has 0 radical (unpaired) electrons. The summed E-state index contributed by atoms with van der Waals surface area (Å²) in [6, 6.07) is 2.16. The average Bonchev–Trinajstić information content (AvgIpc) is 2.31. The lowest BCUT2D eigenvalue weighted by atomic mass is 9.82. The van der Waals surface area contributed by atoms with Crippen molar-refractivity contribution in [3.63, 3.8) is 0 Å². The van der Waals surface area contributed by atoms with Gasteiger partial charge in [-0.15, -0.1) is 0 Å². The van der Waals surface area contributed by atoms with E-state index < -0.39 is 20.7 Å². The summed E-state index contributed by atoms with van der Waals surface area (Å²) < 4.78 is 39.9. The van der Waals surface area contributed by atoms with E-state index in [1.165, 1.54) is 7.05 Å². The minimum absolute atomic E-state index is 0.112. The standard InChI is InChI=1S/C12H16BrFN2O3S/c1-16(6-7-2-8(17)3-7)20(18,19)12-5-11(15)9(13)4-10(12)14/h4-5,7-8,17H,2-3,6,15H2,1H3. The third-order valence-electron chi connectivity index (χ3n) is 3.47. The van der Waals surface area contributed by atoms with E-state index in [-0.39, 0.29) is 24.3 Å². The normalized spacial score (nSPS) is 22.9. The van der Waals surface area contributed by atoms with Crippen molar-refractivity contribution in [2.75, 3.05) is 19.3 Å². The Labute approximate surface area is 125 Å². The summed E-state index contributed by atoms with van der Waals surface area (Å²) in [7, 11) is -2.52. The van der Waals surface area contributed by atoms with E-state index in [1.54, 1.807) is 0 Å². The Morgan fingerprint density at radius 3 is 2.65 bits per heavy atom. The van der Waals surface area contributed by atoms with E-state index >= 15 is 0 Å². The van der Waals surface area contributed by atoms with Gasteiger partial charge in [-0.1, -0.05) is 0 Å². The molecule has 1 saturated carbocycles. The van der Waals surface area contributed by atoms with Crippen molar-refractivity contribution >= 4 is 31.6 Å². The van der Waals surface area contributed by atoms with Gasteiger partial charge in [0.25, 0.3) is 0 Å². The number of benzene rings is 1. The Balaban J connectivity index is 2.23. The molecule has 2 rings (SSSR count). The molecule has 3 N–H and O–H groups in total. The lowest BCUT2D eigenvalue weighted by Crippen LogP contribution is -2.39. The number of anilines is 1. The number of aliphatic hydroxyl groups excluding tert-OH is 1. The number of hydrogen-bond acceptors (Lipinski definition) is 4. The summed E-state index contributed by atoms with van der Waals surface area (Å²) in [6.07, 6.45) is 0.798. The number of nitrogen functional groups attached to an aromatic ring is 1. The van der Waals surface area contributed by atoms with Crippen LogP contribution in [0.1, 0.15) is 12.8 Å². The molecule has 20 heavy (non-hydrogen) atoms. The number of nitrogens with zero attached hydrogens (tertiary/aromatic N) is 1. The molecule has 1 aliphatic rings. The highest BCUT2D eigenvalue weighted by atomic mass is 79.9. The number of sulfonamides is 1. The first kappa shape index (κ1) is 15.7. The van der Waals surface area contributed by atoms with Gasteiger partial charge in [0, 0.05) is 23.8 Å². The Morgan fingerprint density at radius 1 is 1.50 bits per heavy atom. The molecule has 1 aromatic rings. The van der Waals surface area contributed by atoms with Gasteiger partial charge in [-0.25, -0.2) is 17.1 Å². The highest BCUT2D eigenvalue weighted by Gasteiger charge is 2.33. The van der Waals surface area contributed by atoms with E-state index in [9.17, 15) is 17.9 Å². The zero-order valence-corrected chi connectivity index (χ0v) is 13.3. The van der Waals surface area contributed by atoms with Crippen LogP contribution in [0.15, 0.2) is 21.5 Å². The second kappa shape index (κ2) is 5.59. The highest BCUT2D eigenvalue weighted by molar-refractivity contribution is 9.10. The Hall–Kier alpha value is -0.700. The maximum atomic E-state index is 13.9. The van der Waals surface area contributed by atoms with Crippen LogP contribution in [0.5, 0.6) is 0 Å². The first-order valence-electron chi connectivity index (χ1n) is 6.10. The summed E-state index contributed by atoms with van der Waals surface area (Å²) >= 11 is 3.05. The molecule has 0 saturated heterocycles. The minimum Gasteiger partial charge on any atom is -0.398 e. The minimum atomic E-state index is -3.92. The van der Waals surface area contributed by atoms with Crippen molar-refractivity contribution in [3.8, 4) is 0 Å². The van der Waals surface area contributed by atoms with Crippen LogP contribution in [0, 0.1) is 11.7 Å². The zero-order valence-electron chi connectivity index (χ0n) is 10.9. The van der Waals surface area contributed by atoms with Crippen molar-refractivity contribution in [1.82, 2.24) is 4.31 Å². The quantitative estimate of drug-likeness (QED) is 0.792. The molecular weight excluding hydrogens is 351 g/mol. The predicted molar refractivity (Wildman–Crippen MR) is 77.1 cm³/mol. The molecule has 8 heteroatoms. The third-order valence-corrected chi connectivity index (χ3v) is 5.99. The molecular formula is C12H16BrFN2O3S. The Kier molecular flexibility index (Phi) is 4.38. The van der Waals surface area contributed by atoms with Gasteiger partial charge in [-0.2, -0.15) is 0 Å². The van der Waals surface area contributed by atoms with E-state index in [1.807, 2.05) is 0 Å².